The van der Waals surface area contributed by atoms with E-state index in [1.807, 2.05) is 13.1 Å². The summed E-state index contributed by atoms with van der Waals surface area (Å²) in [5, 5.41) is 3.43. The molecular weight excluding hydrogens is 258 g/mol. The molecule has 0 bridgehead atoms. The maximum atomic E-state index is 6.14. The monoisotopic (exact) mass is 283 g/mol. The average molecular weight is 283 g/mol. The van der Waals surface area contributed by atoms with E-state index in [2.05, 4.69) is 66.8 Å². The molecule has 2 atom stereocenters. The molecule has 2 aromatic carbocycles. The van der Waals surface area contributed by atoms with E-state index in [9.17, 15) is 0 Å². The molecule has 0 saturated carbocycles. The second kappa shape index (κ2) is 8.60. The Morgan fingerprint density at radius 1 is 0.952 bits per heavy atom. The second-order valence-electron chi connectivity index (χ2n) is 5.29. The van der Waals surface area contributed by atoms with Gasteiger partial charge in [-0.1, -0.05) is 67.6 Å². The molecule has 0 heterocycles. The zero-order valence-corrected chi connectivity index (χ0v) is 13.0. The summed E-state index contributed by atoms with van der Waals surface area (Å²) in [6.07, 6.45) is 2.07. The Morgan fingerprint density at radius 2 is 1.57 bits per heavy atom. The van der Waals surface area contributed by atoms with Crippen LogP contribution in [0.1, 0.15) is 30.6 Å². The van der Waals surface area contributed by atoms with Crippen LogP contribution in [0.2, 0.25) is 0 Å². The van der Waals surface area contributed by atoms with Gasteiger partial charge in [0.05, 0.1) is 6.10 Å². The van der Waals surface area contributed by atoms with Gasteiger partial charge >= 0.3 is 0 Å². The predicted molar refractivity (Wildman–Crippen MR) is 88.4 cm³/mol. The lowest BCUT2D eigenvalue weighted by Crippen LogP contribution is -2.35. The van der Waals surface area contributed by atoms with Gasteiger partial charge in [-0.15, -0.1) is 0 Å². The molecule has 0 aliphatic carbocycles. The highest BCUT2D eigenvalue weighted by Crippen LogP contribution is 2.24. The van der Waals surface area contributed by atoms with Crippen LogP contribution in [0.15, 0.2) is 60.7 Å². The lowest BCUT2D eigenvalue weighted by molar-refractivity contribution is 0.0271. The van der Waals surface area contributed by atoms with E-state index in [1.54, 1.807) is 0 Å². The normalized spacial score (nSPS) is 13.8. The minimum absolute atomic E-state index is 0.0800. The SMILES string of the molecule is CCCOC(c1ccccc1)C(Cc1ccccc1)NC. The van der Waals surface area contributed by atoms with Crippen molar-refractivity contribution in [1.82, 2.24) is 5.32 Å². The molecule has 2 heteroatoms. The Balaban J connectivity index is 2.16. The third-order valence-electron chi connectivity index (χ3n) is 3.66. The summed E-state index contributed by atoms with van der Waals surface area (Å²) in [5.74, 6) is 0. The highest BCUT2D eigenvalue weighted by molar-refractivity contribution is 5.22. The summed E-state index contributed by atoms with van der Waals surface area (Å²) >= 11 is 0. The first-order valence-corrected chi connectivity index (χ1v) is 7.73. The van der Waals surface area contributed by atoms with E-state index >= 15 is 0 Å². The van der Waals surface area contributed by atoms with E-state index in [1.165, 1.54) is 11.1 Å². The maximum Gasteiger partial charge on any atom is 0.0980 e. The Bertz CT molecular complexity index is 497. The molecule has 21 heavy (non-hydrogen) atoms. The standard InChI is InChI=1S/C19H25NO/c1-3-14-21-19(17-12-8-5-9-13-17)18(20-2)15-16-10-6-4-7-11-16/h4-13,18-20H,3,14-15H2,1-2H3. The number of hydrogen-bond acceptors (Lipinski definition) is 2. The fourth-order valence-corrected chi connectivity index (χ4v) is 2.56. The van der Waals surface area contributed by atoms with Crippen LogP contribution in [0.25, 0.3) is 0 Å². The summed E-state index contributed by atoms with van der Waals surface area (Å²) in [6, 6.07) is 21.3. The topological polar surface area (TPSA) is 21.3 Å². The van der Waals surface area contributed by atoms with Crippen molar-refractivity contribution in [3.05, 3.63) is 71.8 Å². The zero-order valence-electron chi connectivity index (χ0n) is 13.0. The van der Waals surface area contributed by atoms with Crippen molar-refractivity contribution in [3.63, 3.8) is 0 Å². The van der Waals surface area contributed by atoms with Gasteiger partial charge in [0, 0.05) is 12.6 Å². The van der Waals surface area contributed by atoms with Crippen molar-refractivity contribution in [2.45, 2.75) is 31.9 Å². The van der Waals surface area contributed by atoms with Gasteiger partial charge < -0.3 is 10.1 Å². The Morgan fingerprint density at radius 3 is 2.14 bits per heavy atom. The second-order valence-corrected chi connectivity index (χ2v) is 5.29. The zero-order chi connectivity index (χ0) is 14.9. The van der Waals surface area contributed by atoms with Gasteiger partial charge in [0.25, 0.3) is 0 Å². The summed E-state index contributed by atoms with van der Waals surface area (Å²) in [5.41, 5.74) is 2.57. The molecule has 1 N–H and O–H groups in total. The van der Waals surface area contributed by atoms with Crippen molar-refractivity contribution in [1.29, 1.82) is 0 Å². The lowest BCUT2D eigenvalue weighted by atomic mass is 9.96. The van der Waals surface area contributed by atoms with Gasteiger partial charge in [-0.05, 0) is 31.0 Å². The molecule has 112 valence electrons. The van der Waals surface area contributed by atoms with Crippen molar-refractivity contribution in [2.75, 3.05) is 13.7 Å². The first-order chi connectivity index (χ1) is 10.3. The summed E-state index contributed by atoms with van der Waals surface area (Å²) in [4.78, 5) is 0. The number of nitrogens with one attached hydrogen (secondary N) is 1. The first kappa shape index (κ1) is 15.7. The van der Waals surface area contributed by atoms with Crippen LogP contribution in [-0.4, -0.2) is 19.7 Å². The van der Waals surface area contributed by atoms with E-state index in [4.69, 9.17) is 4.74 Å². The van der Waals surface area contributed by atoms with Gasteiger partial charge in [0.2, 0.25) is 0 Å². The maximum absolute atomic E-state index is 6.14. The van der Waals surface area contributed by atoms with E-state index in [-0.39, 0.29) is 12.1 Å². The fourth-order valence-electron chi connectivity index (χ4n) is 2.56. The molecular formula is C19H25NO. The largest absolute Gasteiger partial charge is 0.372 e. The molecule has 0 amide bonds. The van der Waals surface area contributed by atoms with Crippen molar-refractivity contribution >= 4 is 0 Å². The summed E-state index contributed by atoms with van der Waals surface area (Å²) in [7, 11) is 2.01. The minimum Gasteiger partial charge on any atom is -0.372 e. The fraction of sp³-hybridized carbons (Fsp3) is 0.368. The number of rotatable bonds is 8. The summed E-state index contributed by atoms with van der Waals surface area (Å²) < 4.78 is 6.14. The Kier molecular flexibility index (Phi) is 6.45. The minimum atomic E-state index is 0.0800. The van der Waals surface area contributed by atoms with E-state index in [0.717, 1.165) is 19.4 Å². The molecule has 0 radical (unpaired) electrons. The van der Waals surface area contributed by atoms with Gasteiger partial charge in [0.15, 0.2) is 0 Å². The summed E-state index contributed by atoms with van der Waals surface area (Å²) in [6.45, 7) is 2.93. The molecule has 0 aliphatic heterocycles. The smallest absolute Gasteiger partial charge is 0.0980 e. The molecule has 0 saturated heterocycles. The Hall–Kier alpha value is -1.64. The molecule has 0 aliphatic rings. The van der Waals surface area contributed by atoms with Gasteiger partial charge in [-0.3, -0.25) is 0 Å². The van der Waals surface area contributed by atoms with Crippen molar-refractivity contribution in [2.24, 2.45) is 0 Å². The quantitative estimate of drug-likeness (QED) is 0.791. The molecule has 2 nitrogen and oxygen atoms in total. The van der Waals surface area contributed by atoms with Gasteiger partial charge in [-0.2, -0.15) is 0 Å². The third kappa shape index (κ3) is 4.69. The van der Waals surface area contributed by atoms with Gasteiger partial charge in [0.1, 0.15) is 0 Å². The van der Waals surface area contributed by atoms with Crippen LogP contribution >= 0.6 is 0 Å². The molecule has 2 unspecified atom stereocenters. The van der Waals surface area contributed by atoms with Crippen molar-refractivity contribution < 1.29 is 4.74 Å². The number of likely N-dealkylation sites (N-methyl/N-ethyl adjacent to an activating group) is 1. The number of benzene rings is 2. The van der Waals surface area contributed by atoms with Crippen LogP contribution in [0.4, 0.5) is 0 Å². The van der Waals surface area contributed by atoms with Gasteiger partial charge in [-0.25, -0.2) is 0 Å². The molecule has 2 rings (SSSR count). The number of ether oxygens (including phenoxy) is 1. The van der Waals surface area contributed by atoms with Crippen molar-refractivity contribution in [3.8, 4) is 0 Å². The Labute approximate surface area is 128 Å². The van der Waals surface area contributed by atoms with E-state index < -0.39 is 0 Å². The third-order valence-corrected chi connectivity index (χ3v) is 3.66. The predicted octanol–water partition coefficient (Wildman–Crippen LogP) is 3.99. The van der Waals surface area contributed by atoms with Crippen LogP contribution in [-0.2, 0) is 11.2 Å². The lowest BCUT2D eigenvalue weighted by Gasteiger charge is -2.27. The van der Waals surface area contributed by atoms with E-state index in [0.29, 0.717) is 0 Å². The highest BCUT2D eigenvalue weighted by atomic mass is 16.5. The van der Waals surface area contributed by atoms with Crippen LogP contribution in [0.3, 0.4) is 0 Å². The van der Waals surface area contributed by atoms with Crippen LogP contribution < -0.4 is 5.32 Å². The first-order valence-electron chi connectivity index (χ1n) is 7.73. The van der Waals surface area contributed by atoms with Crippen LogP contribution in [0.5, 0.6) is 0 Å². The van der Waals surface area contributed by atoms with Crippen LogP contribution in [0, 0.1) is 0 Å². The molecule has 2 aromatic rings. The molecule has 0 fully saturated rings. The average Bonchev–Trinajstić information content (AvgIpc) is 2.56. The highest BCUT2D eigenvalue weighted by Gasteiger charge is 2.22. The number of hydrogen-bond donors (Lipinski definition) is 1. The molecule has 0 spiro atoms. The molecule has 0 aromatic heterocycles.